The number of carbonyl (C=O) groups is 1. The lowest BCUT2D eigenvalue weighted by Gasteiger charge is -2.37. The Hall–Kier alpha value is -1.51. The minimum Gasteiger partial charge on any atom is -0.444 e. The summed E-state index contributed by atoms with van der Waals surface area (Å²) in [4.78, 5) is 14.7. The monoisotopic (exact) mass is 429 g/mol. The molecule has 2 rings (SSSR count). The van der Waals surface area contributed by atoms with Gasteiger partial charge in [-0.25, -0.2) is 4.79 Å². The normalized spacial score (nSPS) is 19.3. The van der Waals surface area contributed by atoms with Crippen LogP contribution in [-0.2, 0) is 11.2 Å². The molecule has 1 amide bonds. The van der Waals surface area contributed by atoms with E-state index in [0.29, 0.717) is 12.0 Å². The van der Waals surface area contributed by atoms with Gasteiger partial charge in [-0.1, -0.05) is 70.2 Å². The van der Waals surface area contributed by atoms with Crippen molar-refractivity contribution in [3.8, 4) is 0 Å². The molecule has 0 aromatic heterocycles. The average molecular weight is 430 g/mol. The molecule has 31 heavy (non-hydrogen) atoms. The van der Waals surface area contributed by atoms with Gasteiger partial charge >= 0.3 is 6.09 Å². The molecule has 3 nitrogen and oxygen atoms in total. The predicted octanol–water partition coefficient (Wildman–Crippen LogP) is 8.26. The molecule has 0 atom stereocenters. The van der Waals surface area contributed by atoms with Gasteiger partial charge in [-0.15, -0.1) is 0 Å². The van der Waals surface area contributed by atoms with Crippen LogP contribution in [0, 0.1) is 0 Å². The molecule has 0 bridgehead atoms. The Morgan fingerprint density at radius 1 is 0.903 bits per heavy atom. The molecule has 3 heteroatoms. The Bertz CT molecular complexity index is 623. The first-order chi connectivity index (χ1) is 14.8. The summed E-state index contributed by atoms with van der Waals surface area (Å²) in [5.41, 5.74) is 2.52. The number of carbonyl (C=O) groups excluding carboxylic acids is 1. The summed E-state index contributed by atoms with van der Waals surface area (Å²) in [5.74, 6) is 0.626. The Labute approximate surface area is 191 Å². The maximum atomic E-state index is 12.7. The minimum absolute atomic E-state index is 0.142. The van der Waals surface area contributed by atoms with Crippen LogP contribution in [0.1, 0.15) is 122 Å². The summed E-state index contributed by atoms with van der Waals surface area (Å²) < 4.78 is 5.68. The number of aryl methyl sites for hydroxylation is 1. The van der Waals surface area contributed by atoms with E-state index in [1.54, 1.807) is 0 Å². The quantitative estimate of drug-likeness (QED) is 0.331. The Morgan fingerprint density at radius 2 is 1.52 bits per heavy atom. The molecule has 0 heterocycles. The van der Waals surface area contributed by atoms with E-state index in [-0.39, 0.29) is 6.09 Å². The van der Waals surface area contributed by atoms with Gasteiger partial charge < -0.3 is 9.64 Å². The van der Waals surface area contributed by atoms with E-state index in [1.807, 2.05) is 25.7 Å². The SMILES string of the molecule is CCCCCCCCc1ccc(C2CCC(N(CCC)C(=O)OC(C)(C)C)CC2)cc1. The molecule has 0 spiro atoms. The zero-order chi connectivity index (χ0) is 22.7. The van der Waals surface area contributed by atoms with E-state index in [9.17, 15) is 4.79 Å². The number of benzene rings is 1. The molecule has 0 saturated heterocycles. The zero-order valence-corrected chi connectivity index (χ0v) is 20.9. The fourth-order valence-corrected chi connectivity index (χ4v) is 4.77. The van der Waals surface area contributed by atoms with Gasteiger partial charge in [0.05, 0.1) is 0 Å². The molecule has 1 aliphatic carbocycles. The third-order valence-electron chi connectivity index (χ3n) is 6.50. The van der Waals surface area contributed by atoms with E-state index < -0.39 is 5.60 Å². The topological polar surface area (TPSA) is 29.5 Å². The van der Waals surface area contributed by atoms with Crippen LogP contribution < -0.4 is 0 Å². The Morgan fingerprint density at radius 3 is 2.10 bits per heavy atom. The van der Waals surface area contributed by atoms with Crippen molar-refractivity contribution in [1.82, 2.24) is 4.90 Å². The molecule has 1 aliphatic rings. The molecule has 0 radical (unpaired) electrons. The number of unbranched alkanes of at least 4 members (excludes halogenated alkanes) is 5. The predicted molar refractivity (Wildman–Crippen MR) is 132 cm³/mol. The van der Waals surface area contributed by atoms with Crippen molar-refractivity contribution in [3.05, 3.63) is 35.4 Å². The van der Waals surface area contributed by atoms with Crippen molar-refractivity contribution in [3.63, 3.8) is 0 Å². The zero-order valence-electron chi connectivity index (χ0n) is 20.9. The van der Waals surface area contributed by atoms with Gasteiger partial charge in [-0.05, 0) is 82.8 Å². The van der Waals surface area contributed by atoms with E-state index in [4.69, 9.17) is 4.74 Å². The van der Waals surface area contributed by atoms with Crippen LogP contribution in [0.15, 0.2) is 24.3 Å². The highest BCUT2D eigenvalue weighted by Gasteiger charge is 2.31. The van der Waals surface area contributed by atoms with Crippen LogP contribution in [0.2, 0.25) is 0 Å². The summed E-state index contributed by atoms with van der Waals surface area (Å²) >= 11 is 0. The second-order valence-electron chi connectivity index (χ2n) is 10.4. The third-order valence-corrected chi connectivity index (χ3v) is 6.50. The van der Waals surface area contributed by atoms with Crippen LogP contribution in [-0.4, -0.2) is 29.2 Å². The van der Waals surface area contributed by atoms with Crippen molar-refractivity contribution in [2.45, 2.75) is 129 Å². The van der Waals surface area contributed by atoms with Crippen molar-refractivity contribution in [2.24, 2.45) is 0 Å². The molecule has 0 aliphatic heterocycles. The van der Waals surface area contributed by atoms with Gasteiger partial charge in [0.15, 0.2) is 0 Å². The van der Waals surface area contributed by atoms with Gasteiger partial charge in [-0.3, -0.25) is 0 Å². The standard InChI is InChI=1S/C28H47NO2/c1-6-8-9-10-11-12-13-23-14-16-24(17-15-23)25-18-20-26(21-19-25)29(22-7-2)27(30)31-28(3,4)5/h14-17,25-26H,6-13,18-22H2,1-5H3. The molecule has 1 fully saturated rings. The molecule has 0 N–H and O–H groups in total. The lowest BCUT2D eigenvalue weighted by Crippen LogP contribution is -2.45. The van der Waals surface area contributed by atoms with E-state index >= 15 is 0 Å². The molecule has 1 saturated carbocycles. The largest absolute Gasteiger partial charge is 0.444 e. The number of rotatable bonds is 11. The van der Waals surface area contributed by atoms with Gasteiger partial charge in [0.25, 0.3) is 0 Å². The lowest BCUT2D eigenvalue weighted by molar-refractivity contribution is 0.0115. The van der Waals surface area contributed by atoms with Gasteiger partial charge in [-0.2, -0.15) is 0 Å². The number of hydrogen-bond donors (Lipinski definition) is 0. The summed E-state index contributed by atoms with van der Waals surface area (Å²) in [6, 6.07) is 9.72. The van der Waals surface area contributed by atoms with Crippen LogP contribution in [0.4, 0.5) is 4.79 Å². The van der Waals surface area contributed by atoms with Crippen LogP contribution in [0.5, 0.6) is 0 Å². The molecule has 1 aromatic carbocycles. The number of amides is 1. The average Bonchev–Trinajstić information content (AvgIpc) is 2.74. The molecular weight excluding hydrogens is 382 g/mol. The maximum absolute atomic E-state index is 12.7. The minimum atomic E-state index is -0.433. The maximum Gasteiger partial charge on any atom is 0.410 e. The van der Waals surface area contributed by atoms with Crippen LogP contribution in [0.25, 0.3) is 0 Å². The Balaban J connectivity index is 1.81. The van der Waals surface area contributed by atoms with Crippen molar-refractivity contribution < 1.29 is 9.53 Å². The summed E-state index contributed by atoms with van der Waals surface area (Å²) in [7, 11) is 0. The van der Waals surface area contributed by atoms with E-state index in [2.05, 4.69) is 38.1 Å². The highest BCUT2D eigenvalue weighted by Crippen LogP contribution is 2.35. The highest BCUT2D eigenvalue weighted by molar-refractivity contribution is 5.68. The Kier molecular flexibility index (Phi) is 10.9. The van der Waals surface area contributed by atoms with Gasteiger partial charge in [0.2, 0.25) is 0 Å². The fraction of sp³-hybridized carbons (Fsp3) is 0.750. The van der Waals surface area contributed by atoms with Crippen molar-refractivity contribution >= 4 is 6.09 Å². The molecule has 1 aromatic rings. The number of nitrogens with zero attached hydrogens (tertiary/aromatic N) is 1. The van der Waals surface area contributed by atoms with Crippen molar-refractivity contribution in [2.75, 3.05) is 6.54 Å². The van der Waals surface area contributed by atoms with Crippen LogP contribution >= 0.6 is 0 Å². The fourth-order valence-electron chi connectivity index (χ4n) is 4.77. The second-order valence-corrected chi connectivity index (χ2v) is 10.4. The first kappa shape index (κ1) is 25.7. The lowest BCUT2D eigenvalue weighted by atomic mass is 9.81. The smallest absolute Gasteiger partial charge is 0.410 e. The molecule has 176 valence electrons. The highest BCUT2D eigenvalue weighted by atomic mass is 16.6. The van der Waals surface area contributed by atoms with E-state index in [1.165, 1.54) is 56.1 Å². The first-order valence-corrected chi connectivity index (χ1v) is 12.9. The van der Waals surface area contributed by atoms with Crippen LogP contribution in [0.3, 0.4) is 0 Å². The third kappa shape index (κ3) is 9.25. The van der Waals surface area contributed by atoms with Gasteiger partial charge in [0, 0.05) is 12.6 Å². The van der Waals surface area contributed by atoms with Gasteiger partial charge in [0.1, 0.15) is 5.60 Å². The van der Waals surface area contributed by atoms with Crippen molar-refractivity contribution in [1.29, 1.82) is 0 Å². The number of hydrogen-bond acceptors (Lipinski definition) is 2. The second kappa shape index (κ2) is 13.1. The summed E-state index contributed by atoms with van der Waals surface area (Å²) in [5, 5.41) is 0. The molecular formula is C28H47NO2. The number of ether oxygens (including phenoxy) is 1. The van der Waals surface area contributed by atoms with E-state index in [0.717, 1.165) is 38.6 Å². The summed E-state index contributed by atoms with van der Waals surface area (Å²) in [6.45, 7) is 11.0. The first-order valence-electron chi connectivity index (χ1n) is 12.9. The summed E-state index contributed by atoms with van der Waals surface area (Å²) in [6.07, 6.45) is 14.6. The molecule has 0 unspecified atom stereocenters.